The van der Waals surface area contributed by atoms with E-state index in [-0.39, 0.29) is 11.6 Å². The van der Waals surface area contributed by atoms with Crippen molar-refractivity contribution in [1.82, 2.24) is 0 Å². The fraction of sp³-hybridized carbons (Fsp3) is 0.0833. The van der Waals surface area contributed by atoms with Crippen molar-refractivity contribution in [2.24, 2.45) is 4.99 Å². The van der Waals surface area contributed by atoms with E-state index in [1.807, 2.05) is 54.6 Å². The molecule has 1 aliphatic rings. The van der Waals surface area contributed by atoms with Crippen LogP contribution in [0.25, 0.3) is 6.08 Å². The van der Waals surface area contributed by atoms with Gasteiger partial charge in [-0.25, -0.2) is 9.79 Å². The van der Waals surface area contributed by atoms with Crippen LogP contribution in [0.15, 0.2) is 83.5 Å². The molecule has 150 valence electrons. The number of rotatable bonds is 6. The van der Waals surface area contributed by atoms with Crippen molar-refractivity contribution < 1.29 is 14.3 Å². The van der Waals surface area contributed by atoms with Crippen LogP contribution in [0.3, 0.4) is 0 Å². The van der Waals surface area contributed by atoms with Crippen LogP contribution in [0.5, 0.6) is 5.75 Å². The van der Waals surface area contributed by atoms with E-state index in [1.165, 1.54) is 5.56 Å². The molecule has 1 aliphatic heterocycles. The monoisotopic (exact) mass is 529 g/mol. The van der Waals surface area contributed by atoms with E-state index >= 15 is 0 Å². The molecule has 0 atom stereocenters. The van der Waals surface area contributed by atoms with E-state index in [4.69, 9.17) is 21.1 Å². The molecule has 6 heteroatoms. The van der Waals surface area contributed by atoms with E-state index < -0.39 is 5.97 Å². The number of ether oxygens (including phenoxy) is 2. The number of hydrogen-bond donors (Lipinski definition) is 0. The number of carbonyl (C=O) groups is 1. The molecule has 0 fully saturated rings. The van der Waals surface area contributed by atoms with Crippen molar-refractivity contribution in [2.75, 3.05) is 6.61 Å². The summed E-state index contributed by atoms with van der Waals surface area (Å²) in [5.74, 6) is 0.442. The van der Waals surface area contributed by atoms with Crippen LogP contribution >= 0.6 is 34.2 Å². The van der Waals surface area contributed by atoms with Crippen molar-refractivity contribution in [2.45, 2.75) is 6.42 Å². The third-order valence-corrected chi connectivity index (χ3v) is 5.44. The zero-order valence-corrected chi connectivity index (χ0v) is 18.8. The minimum Gasteiger partial charge on any atom is -0.493 e. The maximum atomic E-state index is 12.3. The number of hydrogen-bond acceptors (Lipinski definition) is 4. The molecule has 0 saturated carbocycles. The second kappa shape index (κ2) is 9.45. The average molecular weight is 530 g/mol. The molecule has 0 aromatic heterocycles. The van der Waals surface area contributed by atoms with Gasteiger partial charge in [-0.3, -0.25) is 0 Å². The van der Waals surface area contributed by atoms with Gasteiger partial charge in [0.2, 0.25) is 5.90 Å². The van der Waals surface area contributed by atoms with Crippen molar-refractivity contribution in [3.8, 4) is 5.75 Å². The van der Waals surface area contributed by atoms with E-state index in [0.29, 0.717) is 17.2 Å². The molecule has 3 aromatic carbocycles. The fourth-order valence-corrected chi connectivity index (χ4v) is 3.66. The van der Waals surface area contributed by atoms with Gasteiger partial charge in [0.15, 0.2) is 5.70 Å². The Morgan fingerprint density at radius 1 is 1.03 bits per heavy atom. The Morgan fingerprint density at radius 2 is 1.87 bits per heavy atom. The molecule has 0 bridgehead atoms. The first-order valence-electron chi connectivity index (χ1n) is 9.33. The van der Waals surface area contributed by atoms with Gasteiger partial charge >= 0.3 is 5.97 Å². The summed E-state index contributed by atoms with van der Waals surface area (Å²) in [5, 5.41) is 0.483. The van der Waals surface area contributed by atoms with Crippen LogP contribution in [0.1, 0.15) is 16.7 Å². The molecule has 0 N–H and O–H groups in total. The largest absolute Gasteiger partial charge is 0.493 e. The lowest BCUT2D eigenvalue weighted by Crippen LogP contribution is -2.06. The minimum absolute atomic E-state index is 0.213. The third kappa shape index (κ3) is 5.09. The lowest BCUT2D eigenvalue weighted by Gasteiger charge is -2.07. The van der Waals surface area contributed by atoms with Gasteiger partial charge < -0.3 is 9.47 Å². The molecule has 0 radical (unpaired) electrons. The zero-order valence-electron chi connectivity index (χ0n) is 15.8. The topological polar surface area (TPSA) is 47.9 Å². The summed E-state index contributed by atoms with van der Waals surface area (Å²) in [5.41, 5.74) is 2.85. The first kappa shape index (κ1) is 20.6. The van der Waals surface area contributed by atoms with Gasteiger partial charge in [0.1, 0.15) is 5.75 Å². The number of carbonyl (C=O) groups excluding carboxylic acids is 1. The maximum absolute atomic E-state index is 12.3. The average Bonchev–Trinajstić information content (AvgIpc) is 3.11. The van der Waals surface area contributed by atoms with Gasteiger partial charge in [0.05, 0.1) is 17.2 Å². The lowest BCUT2D eigenvalue weighted by atomic mass is 10.1. The predicted molar refractivity (Wildman–Crippen MR) is 127 cm³/mol. The Kier molecular flexibility index (Phi) is 6.50. The molecular weight excluding hydrogens is 513 g/mol. The summed E-state index contributed by atoms with van der Waals surface area (Å²) in [6.07, 6.45) is 2.50. The molecule has 3 aromatic rings. The SMILES string of the molecule is O=C1OC(c2cc(I)ccc2Cl)=N/C1=C\c1cccc(OCCc2ccccc2)c1. The Bertz CT molecular complexity index is 1140. The van der Waals surface area contributed by atoms with Crippen molar-refractivity contribution in [1.29, 1.82) is 0 Å². The summed E-state index contributed by atoms with van der Waals surface area (Å²) < 4.78 is 12.2. The fourth-order valence-electron chi connectivity index (χ4n) is 2.97. The van der Waals surface area contributed by atoms with Gasteiger partial charge in [0.25, 0.3) is 0 Å². The Morgan fingerprint density at radius 3 is 2.70 bits per heavy atom. The van der Waals surface area contributed by atoms with E-state index in [0.717, 1.165) is 21.3 Å². The van der Waals surface area contributed by atoms with Gasteiger partial charge in [0, 0.05) is 9.99 Å². The molecular formula is C24H17ClINO3. The zero-order chi connectivity index (χ0) is 20.9. The second-order valence-corrected chi connectivity index (χ2v) is 8.27. The first-order chi connectivity index (χ1) is 14.6. The highest BCUT2D eigenvalue weighted by atomic mass is 127. The van der Waals surface area contributed by atoms with Crippen molar-refractivity contribution >= 4 is 52.1 Å². The quantitative estimate of drug-likeness (QED) is 0.227. The number of aliphatic imine (C=N–C) groups is 1. The summed E-state index contributed by atoms with van der Waals surface area (Å²) in [4.78, 5) is 16.6. The molecule has 0 amide bonds. The molecule has 4 rings (SSSR count). The summed E-state index contributed by atoms with van der Waals surface area (Å²) >= 11 is 8.41. The highest BCUT2D eigenvalue weighted by Gasteiger charge is 2.25. The van der Waals surface area contributed by atoms with Crippen LogP contribution < -0.4 is 4.74 Å². The van der Waals surface area contributed by atoms with E-state index in [9.17, 15) is 4.79 Å². The van der Waals surface area contributed by atoms with Crippen LogP contribution in [-0.2, 0) is 16.0 Å². The van der Waals surface area contributed by atoms with Gasteiger partial charge in [-0.15, -0.1) is 0 Å². The summed E-state index contributed by atoms with van der Waals surface area (Å²) in [7, 11) is 0. The summed E-state index contributed by atoms with van der Waals surface area (Å²) in [6, 6.07) is 23.2. The van der Waals surface area contributed by atoms with Crippen molar-refractivity contribution in [3.63, 3.8) is 0 Å². The Labute approximate surface area is 193 Å². The van der Waals surface area contributed by atoms with Gasteiger partial charge in [-0.2, -0.15) is 0 Å². The molecule has 30 heavy (non-hydrogen) atoms. The molecule has 0 aliphatic carbocycles. The second-order valence-electron chi connectivity index (χ2n) is 6.62. The van der Waals surface area contributed by atoms with Crippen LogP contribution in [-0.4, -0.2) is 18.5 Å². The molecule has 0 saturated heterocycles. The Balaban J connectivity index is 1.49. The number of halogens is 2. The van der Waals surface area contributed by atoms with Gasteiger partial charge in [-0.05, 0) is 70.1 Å². The molecule has 1 heterocycles. The standard InChI is InChI=1S/C24H17ClINO3/c25-21-10-9-18(26)15-20(21)23-27-22(24(28)30-23)14-17-7-4-8-19(13-17)29-12-11-16-5-2-1-3-6-16/h1-10,13-15H,11-12H2/b22-14-. The molecule has 4 nitrogen and oxygen atoms in total. The van der Waals surface area contributed by atoms with E-state index in [2.05, 4.69) is 39.7 Å². The molecule has 0 unspecified atom stereocenters. The van der Waals surface area contributed by atoms with E-state index in [1.54, 1.807) is 12.1 Å². The first-order valence-corrected chi connectivity index (χ1v) is 10.8. The van der Waals surface area contributed by atoms with Crippen molar-refractivity contribution in [3.05, 3.63) is 104 Å². The third-order valence-electron chi connectivity index (χ3n) is 4.44. The number of nitrogens with zero attached hydrogens (tertiary/aromatic N) is 1. The lowest BCUT2D eigenvalue weighted by molar-refractivity contribution is -0.129. The van der Waals surface area contributed by atoms with Crippen LogP contribution in [0.2, 0.25) is 5.02 Å². The highest BCUT2D eigenvalue weighted by molar-refractivity contribution is 14.1. The minimum atomic E-state index is -0.504. The number of benzene rings is 3. The van der Waals surface area contributed by atoms with Crippen LogP contribution in [0.4, 0.5) is 0 Å². The highest BCUT2D eigenvalue weighted by Crippen LogP contribution is 2.26. The smallest absolute Gasteiger partial charge is 0.363 e. The van der Waals surface area contributed by atoms with Gasteiger partial charge in [-0.1, -0.05) is 54.1 Å². The molecule has 0 spiro atoms. The summed E-state index contributed by atoms with van der Waals surface area (Å²) in [6.45, 7) is 0.569. The normalized spacial score (nSPS) is 14.5. The van der Waals surface area contributed by atoms with Crippen LogP contribution in [0, 0.1) is 3.57 Å². The number of esters is 1. The maximum Gasteiger partial charge on any atom is 0.363 e. The number of cyclic esters (lactones) is 1. The predicted octanol–water partition coefficient (Wildman–Crippen LogP) is 5.91. The Hall–Kier alpha value is -2.64.